The molecular formula is C24H25N3O4S. The van der Waals surface area contributed by atoms with E-state index in [4.69, 9.17) is 19.2 Å². The number of nitriles is 1. The Kier molecular flexibility index (Phi) is 7.79. The van der Waals surface area contributed by atoms with E-state index < -0.39 is 12.0 Å². The maximum Gasteiger partial charge on any atom is 0.338 e. The smallest absolute Gasteiger partial charge is 0.338 e. The van der Waals surface area contributed by atoms with Gasteiger partial charge in [0.2, 0.25) is 0 Å². The van der Waals surface area contributed by atoms with Crippen molar-refractivity contribution in [3.05, 3.63) is 70.4 Å². The maximum atomic E-state index is 12.8. The summed E-state index contributed by atoms with van der Waals surface area (Å²) in [7, 11) is 3.15. The van der Waals surface area contributed by atoms with Gasteiger partial charge < -0.3 is 19.5 Å². The number of carbonyl (C=O) groups excluding carboxylic acids is 1. The van der Waals surface area contributed by atoms with E-state index in [0.29, 0.717) is 39.3 Å². The summed E-state index contributed by atoms with van der Waals surface area (Å²) in [6.45, 7) is 3.86. The molecule has 0 saturated heterocycles. The van der Waals surface area contributed by atoms with Gasteiger partial charge in [-0.15, -0.1) is 0 Å². The molecule has 0 unspecified atom stereocenters. The number of nitrogens with zero attached hydrogens (tertiary/aromatic N) is 2. The number of rotatable bonds is 7. The van der Waals surface area contributed by atoms with E-state index in [1.54, 1.807) is 33.3 Å². The Bertz CT molecular complexity index is 1100. The lowest BCUT2D eigenvalue weighted by atomic mass is 9.95. The van der Waals surface area contributed by atoms with Crippen LogP contribution in [0.3, 0.4) is 0 Å². The van der Waals surface area contributed by atoms with Crippen molar-refractivity contribution in [2.75, 3.05) is 20.8 Å². The second-order valence-electron chi connectivity index (χ2n) is 6.89. The standard InChI is InChI=1S/C24H25N3O4S/c1-5-31-23(28)21-15(2)26-24(32-14-17-9-7-6-8-16(17)13-25)27-22(21)19-11-10-18(29-3)12-20(19)30-4/h6-12,22H,5,14H2,1-4H3,(H,26,27)/t22-/m0/s1. The van der Waals surface area contributed by atoms with E-state index in [-0.39, 0.29) is 6.61 Å². The minimum absolute atomic E-state index is 0.262. The molecule has 1 N–H and O–H groups in total. The Morgan fingerprint density at radius 1 is 1.22 bits per heavy atom. The number of ether oxygens (including phenoxy) is 3. The molecule has 8 heteroatoms. The first-order valence-electron chi connectivity index (χ1n) is 10.1. The highest BCUT2D eigenvalue weighted by molar-refractivity contribution is 8.13. The van der Waals surface area contributed by atoms with Crippen molar-refractivity contribution in [2.24, 2.45) is 4.99 Å². The molecule has 32 heavy (non-hydrogen) atoms. The second kappa shape index (κ2) is 10.7. The number of amidine groups is 1. The molecule has 1 heterocycles. The summed E-state index contributed by atoms with van der Waals surface area (Å²) in [5, 5.41) is 13.2. The third kappa shape index (κ3) is 5.06. The van der Waals surface area contributed by atoms with Gasteiger partial charge in [-0.1, -0.05) is 30.0 Å². The molecule has 0 saturated carbocycles. The molecule has 0 radical (unpaired) electrons. The van der Waals surface area contributed by atoms with Crippen LogP contribution in [0.25, 0.3) is 0 Å². The lowest BCUT2D eigenvalue weighted by molar-refractivity contribution is -0.138. The van der Waals surface area contributed by atoms with Crippen molar-refractivity contribution >= 4 is 22.9 Å². The number of carbonyl (C=O) groups is 1. The largest absolute Gasteiger partial charge is 0.497 e. The van der Waals surface area contributed by atoms with Crippen LogP contribution in [0.2, 0.25) is 0 Å². The number of hydrogen-bond donors (Lipinski definition) is 1. The Morgan fingerprint density at radius 2 is 2.00 bits per heavy atom. The van der Waals surface area contributed by atoms with Crippen LogP contribution in [0.1, 0.15) is 36.6 Å². The Labute approximate surface area is 192 Å². The normalized spacial score (nSPS) is 15.3. The topological polar surface area (TPSA) is 92.9 Å². The zero-order valence-electron chi connectivity index (χ0n) is 18.5. The van der Waals surface area contributed by atoms with Crippen LogP contribution in [0, 0.1) is 11.3 Å². The average Bonchev–Trinajstić information content (AvgIpc) is 2.82. The van der Waals surface area contributed by atoms with Gasteiger partial charge in [-0.3, -0.25) is 0 Å². The van der Waals surface area contributed by atoms with Gasteiger partial charge >= 0.3 is 5.97 Å². The lowest BCUT2D eigenvalue weighted by Gasteiger charge is -2.27. The molecule has 0 aliphatic carbocycles. The van der Waals surface area contributed by atoms with E-state index >= 15 is 0 Å². The molecule has 166 valence electrons. The molecule has 2 aromatic carbocycles. The fourth-order valence-electron chi connectivity index (χ4n) is 3.36. The zero-order valence-corrected chi connectivity index (χ0v) is 19.3. The summed E-state index contributed by atoms with van der Waals surface area (Å²) in [5.74, 6) is 1.34. The van der Waals surface area contributed by atoms with Crippen LogP contribution in [0.15, 0.2) is 58.7 Å². The van der Waals surface area contributed by atoms with Gasteiger partial charge in [0.05, 0.1) is 38.0 Å². The molecule has 3 rings (SSSR count). The molecule has 2 aromatic rings. The summed E-state index contributed by atoms with van der Waals surface area (Å²) >= 11 is 1.47. The van der Waals surface area contributed by atoms with Gasteiger partial charge in [-0.05, 0) is 37.6 Å². The van der Waals surface area contributed by atoms with Crippen molar-refractivity contribution in [2.45, 2.75) is 25.6 Å². The number of esters is 1. The third-order valence-corrected chi connectivity index (χ3v) is 5.89. The minimum Gasteiger partial charge on any atom is -0.497 e. The molecule has 1 atom stereocenters. The number of allylic oxidation sites excluding steroid dienone is 1. The summed E-state index contributed by atoms with van der Waals surface area (Å²) in [6.07, 6.45) is 0. The summed E-state index contributed by atoms with van der Waals surface area (Å²) in [5.41, 5.74) is 3.37. The first-order valence-corrected chi connectivity index (χ1v) is 11.1. The first-order chi connectivity index (χ1) is 15.5. The van der Waals surface area contributed by atoms with Crippen LogP contribution < -0.4 is 14.8 Å². The van der Waals surface area contributed by atoms with Gasteiger partial charge in [0, 0.05) is 23.1 Å². The minimum atomic E-state index is -0.607. The van der Waals surface area contributed by atoms with E-state index in [2.05, 4.69) is 11.4 Å². The summed E-state index contributed by atoms with van der Waals surface area (Å²) < 4.78 is 16.2. The van der Waals surface area contributed by atoms with Crippen LogP contribution >= 0.6 is 11.8 Å². The Morgan fingerprint density at radius 3 is 2.69 bits per heavy atom. The predicted molar refractivity (Wildman–Crippen MR) is 125 cm³/mol. The molecule has 0 amide bonds. The molecule has 1 aliphatic rings. The van der Waals surface area contributed by atoms with Gasteiger partial charge in [-0.25, -0.2) is 9.79 Å². The molecule has 7 nitrogen and oxygen atoms in total. The van der Waals surface area contributed by atoms with Crippen LogP contribution in [-0.2, 0) is 15.3 Å². The summed E-state index contributed by atoms with van der Waals surface area (Å²) in [6, 6.07) is 14.5. The zero-order chi connectivity index (χ0) is 23.1. The van der Waals surface area contributed by atoms with Gasteiger partial charge in [0.25, 0.3) is 0 Å². The van der Waals surface area contributed by atoms with Crippen molar-refractivity contribution < 1.29 is 19.0 Å². The summed E-state index contributed by atoms with van der Waals surface area (Å²) in [4.78, 5) is 17.6. The van der Waals surface area contributed by atoms with E-state index in [1.165, 1.54) is 11.8 Å². The second-order valence-corrected chi connectivity index (χ2v) is 7.85. The molecule has 0 fully saturated rings. The number of hydrogen-bond acceptors (Lipinski definition) is 8. The quantitative estimate of drug-likeness (QED) is 0.626. The number of thioether (sulfide) groups is 1. The predicted octanol–water partition coefficient (Wildman–Crippen LogP) is 4.35. The van der Waals surface area contributed by atoms with E-state index in [0.717, 1.165) is 11.1 Å². The highest BCUT2D eigenvalue weighted by Crippen LogP contribution is 2.39. The lowest BCUT2D eigenvalue weighted by Crippen LogP contribution is -2.30. The number of benzene rings is 2. The average molecular weight is 452 g/mol. The van der Waals surface area contributed by atoms with Gasteiger partial charge in [0.15, 0.2) is 5.17 Å². The fourth-order valence-corrected chi connectivity index (χ4v) is 4.31. The van der Waals surface area contributed by atoms with Gasteiger partial charge in [0.1, 0.15) is 17.5 Å². The monoisotopic (exact) mass is 451 g/mol. The van der Waals surface area contributed by atoms with Crippen LogP contribution in [0.4, 0.5) is 0 Å². The van der Waals surface area contributed by atoms with Crippen molar-refractivity contribution in [1.29, 1.82) is 5.26 Å². The maximum absolute atomic E-state index is 12.8. The number of methoxy groups -OCH3 is 2. The van der Waals surface area contributed by atoms with E-state index in [9.17, 15) is 10.1 Å². The SMILES string of the molecule is CCOC(=O)C1=C(C)NC(SCc2ccccc2C#N)=N[C@H]1c1ccc(OC)cc1OC. The Balaban J connectivity index is 1.98. The number of nitrogens with one attached hydrogen (secondary N) is 1. The molecule has 0 spiro atoms. The first kappa shape index (κ1) is 23.2. The van der Waals surface area contributed by atoms with Crippen molar-refractivity contribution in [3.8, 4) is 17.6 Å². The molecule has 0 aromatic heterocycles. The van der Waals surface area contributed by atoms with Crippen LogP contribution in [0.5, 0.6) is 11.5 Å². The third-order valence-electron chi connectivity index (χ3n) is 4.95. The highest BCUT2D eigenvalue weighted by atomic mass is 32.2. The van der Waals surface area contributed by atoms with Crippen molar-refractivity contribution in [3.63, 3.8) is 0 Å². The highest BCUT2D eigenvalue weighted by Gasteiger charge is 2.32. The Hall–Kier alpha value is -3.44. The van der Waals surface area contributed by atoms with Crippen LogP contribution in [-0.4, -0.2) is 32.0 Å². The fraction of sp³-hybridized carbons (Fsp3) is 0.292. The molecule has 1 aliphatic heterocycles. The molecular weight excluding hydrogens is 426 g/mol. The number of aliphatic imine (C=N–C) groups is 1. The van der Waals surface area contributed by atoms with Gasteiger partial charge in [-0.2, -0.15) is 5.26 Å². The van der Waals surface area contributed by atoms with E-state index in [1.807, 2.05) is 37.3 Å². The van der Waals surface area contributed by atoms with Crippen molar-refractivity contribution in [1.82, 2.24) is 5.32 Å². The molecule has 0 bridgehead atoms.